The summed E-state index contributed by atoms with van der Waals surface area (Å²) >= 11 is 0. The summed E-state index contributed by atoms with van der Waals surface area (Å²) in [6.07, 6.45) is 5.24. The van der Waals surface area contributed by atoms with Crippen molar-refractivity contribution in [3.8, 4) is 17.1 Å². The number of nitrogens with two attached hydrogens (primary N) is 1. The maximum Gasteiger partial charge on any atom is 0.242 e. The summed E-state index contributed by atoms with van der Waals surface area (Å²) < 4.78 is 1.80. The zero-order valence-corrected chi connectivity index (χ0v) is 14.7. The minimum Gasteiger partial charge on any atom is -0.368 e. The van der Waals surface area contributed by atoms with E-state index in [4.69, 9.17) is 5.73 Å². The van der Waals surface area contributed by atoms with E-state index in [2.05, 4.69) is 45.6 Å². The zero-order chi connectivity index (χ0) is 19.1. The van der Waals surface area contributed by atoms with Crippen LogP contribution >= 0.6 is 0 Å². The van der Waals surface area contributed by atoms with Crippen LogP contribution in [0.3, 0.4) is 0 Å². The average Bonchev–Trinajstić information content (AvgIpc) is 3.41. The number of nitrogen functional groups attached to an aromatic ring is 1. The van der Waals surface area contributed by atoms with Gasteiger partial charge in [0.15, 0.2) is 0 Å². The predicted molar refractivity (Wildman–Crippen MR) is 103 cm³/mol. The van der Waals surface area contributed by atoms with Crippen LogP contribution in [0.25, 0.3) is 28.1 Å². The number of hydrogen-bond donors (Lipinski definition) is 4. The Bertz CT molecular complexity index is 1230. The normalized spacial score (nSPS) is 11.2. The molecule has 1 aromatic carbocycles. The lowest BCUT2D eigenvalue weighted by Gasteiger charge is -2.09. The van der Waals surface area contributed by atoms with Crippen molar-refractivity contribution in [2.24, 2.45) is 0 Å². The highest BCUT2D eigenvalue weighted by molar-refractivity contribution is 5.86. The lowest BCUT2D eigenvalue weighted by Crippen LogP contribution is -2.10. The van der Waals surface area contributed by atoms with Crippen LogP contribution in [0, 0.1) is 6.92 Å². The highest BCUT2D eigenvalue weighted by Gasteiger charge is 2.17. The van der Waals surface area contributed by atoms with Gasteiger partial charge in [-0.25, -0.2) is 9.55 Å². The zero-order valence-electron chi connectivity index (χ0n) is 14.7. The molecule has 0 aliphatic heterocycles. The number of benzene rings is 1. The molecule has 0 saturated heterocycles. The Kier molecular flexibility index (Phi) is 3.50. The molecule has 138 valence electrons. The van der Waals surface area contributed by atoms with E-state index in [0.717, 1.165) is 22.2 Å². The van der Waals surface area contributed by atoms with Crippen LogP contribution in [0.2, 0.25) is 0 Å². The Morgan fingerprint density at radius 3 is 2.71 bits per heavy atom. The van der Waals surface area contributed by atoms with Crippen LogP contribution in [-0.4, -0.2) is 44.9 Å². The number of aryl methyl sites for hydroxylation is 1. The number of hydrogen-bond acceptors (Lipinski definition) is 8. The fourth-order valence-electron chi connectivity index (χ4n) is 2.98. The third kappa shape index (κ3) is 2.70. The summed E-state index contributed by atoms with van der Waals surface area (Å²) in [6, 6.07) is 7.72. The van der Waals surface area contributed by atoms with Gasteiger partial charge in [0.1, 0.15) is 11.6 Å². The van der Waals surface area contributed by atoms with E-state index in [0.29, 0.717) is 23.5 Å². The van der Waals surface area contributed by atoms with Crippen LogP contribution in [-0.2, 0) is 0 Å². The topological polar surface area (TPSA) is 152 Å². The Morgan fingerprint density at radius 2 is 1.96 bits per heavy atom. The molecule has 0 atom stereocenters. The van der Waals surface area contributed by atoms with Crippen molar-refractivity contribution in [3.05, 3.63) is 48.7 Å². The monoisotopic (exact) mass is 373 g/mol. The molecule has 0 radical (unpaired) electrons. The van der Waals surface area contributed by atoms with Gasteiger partial charge in [-0.3, -0.25) is 10.2 Å². The predicted octanol–water partition coefficient (Wildman–Crippen LogP) is 1.96. The molecule has 5 rings (SSSR count). The van der Waals surface area contributed by atoms with Crippen molar-refractivity contribution in [2.45, 2.75) is 6.92 Å². The van der Waals surface area contributed by atoms with Crippen molar-refractivity contribution >= 4 is 28.7 Å². The van der Waals surface area contributed by atoms with Gasteiger partial charge in [-0.1, -0.05) is 6.07 Å². The summed E-state index contributed by atoms with van der Waals surface area (Å²) in [5.41, 5.74) is 9.38. The van der Waals surface area contributed by atoms with E-state index in [-0.39, 0.29) is 5.95 Å². The van der Waals surface area contributed by atoms with Crippen molar-refractivity contribution < 1.29 is 0 Å². The second-order valence-corrected chi connectivity index (χ2v) is 6.10. The molecule has 28 heavy (non-hydrogen) atoms. The summed E-state index contributed by atoms with van der Waals surface area (Å²) in [5, 5.41) is 16.9. The second kappa shape index (κ2) is 6.16. The van der Waals surface area contributed by atoms with Gasteiger partial charge in [-0.2, -0.15) is 25.1 Å². The molecule has 0 spiro atoms. The molecule has 0 unspecified atom stereocenters. The minimum atomic E-state index is 0.142. The Hall–Kier alpha value is -4.28. The number of imidazole rings is 1. The van der Waals surface area contributed by atoms with Gasteiger partial charge < -0.3 is 11.1 Å². The summed E-state index contributed by atoms with van der Waals surface area (Å²) in [6.45, 7) is 1.76. The maximum atomic E-state index is 5.86. The van der Waals surface area contributed by atoms with E-state index in [1.54, 1.807) is 30.0 Å². The van der Waals surface area contributed by atoms with Crippen LogP contribution in [0.5, 0.6) is 0 Å². The first-order valence-corrected chi connectivity index (χ1v) is 8.44. The number of nitrogens with one attached hydrogen (secondary N) is 3. The van der Waals surface area contributed by atoms with Crippen LogP contribution in [0.15, 0.2) is 42.9 Å². The molecule has 4 aromatic heterocycles. The second-order valence-electron chi connectivity index (χ2n) is 6.10. The third-order valence-electron chi connectivity index (χ3n) is 4.19. The van der Waals surface area contributed by atoms with E-state index >= 15 is 0 Å². The molecule has 11 heteroatoms. The van der Waals surface area contributed by atoms with E-state index < -0.39 is 0 Å². The van der Waals surface area contributed by atoms with Crippen molar-refractivity contribution in [1.82, 2.24) is 44.9 Å². The number of aromatic nitrogens is 9. The van der Waals surface area contributed by atoms with Gasteiger partial charge in [-0.05, 0) is 24.6 Å². The molecule has 5 N–H and O–H groups in total. The van der Waals surface area contributed by atoms with Gasteiger partial charge in [0.25, 0.3) is 0 Å². The molecule has 5 aromatic rings. The third-order valence-corrected chi connectivity index (χ3v) is 4.19. The van der Waals surface area contributed by atoms with Crippen LogP contribution in [0.1, 0.15) is 5.82 Å². The van der Waals surface area contributed by atoms with Gasteiger partial charge >= 0.3 is 0 Å². The number of aromatic amines is 2. The standard InChI is InChI=1S/C17H15N11/c1-9-22-15(18)26-16(23-9)28-13-6-10(11-7-20-21-8-11)2-3-12(13)24-17(28)25-14-4-5-19-27-14/h2-8H,1H3,(H,20,21)(H2,18,22,23,26)(H2,19,24,25,27). The van der Waals surface area contributed by atoms with Crippen LogP contribution < -0.4 is 11.1 Å². The minimum absolute atomic E-state index is 0.142. The molecule has 0 aliphatic rings. The maximum absolute atomic E-state index is 5.86. The molecule has 0 aliphatic carbocycles. The van der Waals surface area contributed by atoms with E-state index in [1.807, 2.05) is 24.4 Å². The smallest absolute Gasteiger partial charge is 0.242 e. The first kappa shape index (κ1) is 15.9. The molecule has 0 saturated carbocycles. The van der Waals surface area contributed by atoms with E-state index in [9.17, 15) is 0 Å². The quantitative estimate of drug-likeness (QED) is 0.373. The van der Waals surface area contributed by atoms with Gasteiger partial charge in [0.05, 0.1) is 23.4 Å². The number of H-pyrrole nitrogens is 2. The SMILES string of the molecule is Cc1nc(N)nc(-n2c(Nc3ccn[nH]3)nc3ccc(-c4cn[nH]c4)cc32)n1. The first-order chi connectivity index (χ1) is 13.7. The fourth-order valence-corrected chi connectivity index (χ4v) is 2.98. The number of anilines is 3. The summed E-state index contributed by atoms with van der Waals surface area (Å²) in [4.78, 5) is 17.5. The molecular weight excluding hydrogens is 358 g/mol. The molecule has 0 bridgehead atoms. The lowest BCUT2D eigenvalue weighted by atomic mass is 10.1. The highest BCUT2D eigenvalue weighted by atomic mass is 15.3. The lowest BCUT2D eigenvalue weighted by molar-refractivity contribution is 0.893. The van der Waals surface area contributed by atoms with Crippen molar-refractivity contribution in [2.75, 3.05) is 11.1 Å². The largest absolute Gasteiger partial charge is 0.368 e. The van der Waals surface area contributed by atoms with Gasteiger partial charge in [-0.15, -0.1) is 0 Å². The summed E-state index contributed by atoms with van der Waals surface area (Å²) in [7, 11) is 0. The average molecular weight is 373 g/mol. The van der Waals surface area contributed by atoms with Gasteiger partial charge in [0.2, 0.25) is 17.8 Å². The number of fused-ring (bicyclic) bond motifs is 1. The van der Waals surface area contributed by atoms with E-state index in [1.165, 1.54) is 0 Å². The highest BCUT2D eigenvalue weighted by Crippen LogP contribution is 2.29. The number of nitrogens with zero attached hydrogens (tertiary/aromatic N) is 7. The molecule has 0 fully saturated rings. The van der Waals surface area contributed by atoms with Gasteiger partial charge in [0, 0.05) is 17.8 Å². The summed E-state index contributed by atoms with van der Waals surface area (Å²) in [5.74, 6) is 2.24. The fraction of sp³-hybridized carbons (Fsp3) is 0.0588. The van der Waals surface area contributed by atoms with Crippen LogP contribution in [0.4, 0.5) is 17.7 Å². The molecule has 0 amide bonds. The van der Waals surface area contributed by atoms with Crippen molar-refractivity contribution in [1.29, 1.82) is 0 Å². The molecule has 11 nitrogen and oxygen atoms in total. The Morgan fingerprint density at radius 1 is 1.04 bits per heavy atom. The Balaban J connectivity index is 1.75. The number of rotatable bonds is 4. The Labute approximate surface area is 158 Å². The molecular formula is C17H15N11. The van der Waals surface area contributed by atoms with Crippen molar-refractivity contribution in [3.63, 3.8) is 0 Å². The molecule has 4 heterocycles. The first-order valence-electron chi connectivity index (χ1n) is 8.44.